The summed E-state index contributed by atoms with van der Waals surface area (Å²) < 4.78 is 10.7. The van der Waals surface area contributed by atoms with Crippen molar-refractivity contribution in [3.63, 3.8) is 0 Å². The minimum atomic E-state index is -0.716. The molecule has 10 heteroatoms. The summed E-state index contributed by atoms with van der Waals surface area (Å²) in [6, 6.07) is 12.2. The van der Waals surface area contributed by atoms with Crippen LogP contribution in [-0.4, -0.2) is 83.5 Å². The van der Waals surface area contributed by atoms with E-state index in [-0.39, 0.29) is 35.2 Å². The molecule has 0 N–H and O–H groups in total. The minimum Gasteiger partial charge on any atom is -0.456 e. The molecule has 4 rings (SSSR count). The fourth-order valence-corrected chi connectivity index (χ4v) is 6.07. The number of piperidine rings is 2. The molecule has 2 aromatic carbocycles. The Morgan fingerprint density at radius 3 is 1.24 bits per heavy atom. The highest BCUT2D eigenvalue weighted by molar-refractivity contribution is 6.00. The molecule has 2 aliphatic heterocycles. The summed E-state index contributed by atoms with van der Waals surface area (Å²) >= 11 is 0. The summed E-state index contributed by atoms with van der Waals surface area (Å²) in [6.45, 7) is 7.60. The molecular weight excluding hydrogens is 588 g/mol. The highest BCUT2D eigenvalue weighted by Gasteiger charge is 2.36. The zero-order valence-corrected chi connectivity index (χ0v) is 27.2. The molecule has 2 heterocycles. The molecule has 0 radical (unpaired) electrons. The number of carbonyl (C=O) groups is 6. The van der Waals surface area contributed by atoms with Crippen LogP contribution in [0.2, 0.25) is 0 Å². The number of ketones is 2. The van der Waals surface area contributed by atoms with Crippen LogP contribution in [0.1, 0.15) is 86.9 Å². The molecular formula is C36H44N2O8. The molecule has 10 nitrogen and oxygen atoms in total. The van der Waals surface area contributed by atoms with Gasteiger partial charge in [-0.1, -0.05) is 76.2 Å². The molecule has 2 aromatic rings. The van der Waals surface area contributed by atoms with Crippen LogP contribution in [-0.2, 0) is 28.7 Å². The zero-order valence-electron chi connectivity index (χ0n) is 27.2. The molecule has 0 bridgehead atoms. The Kier molecular flexibility index (Phi) is 11.8. The highest BCUT2D eigenvalue weighted by atomic mass is 16.5. The van der Waals surface area contributed by atoms with Crippen molar-refractivity contribution in [1.29, 1.82) is 0 Å². The van der Waals surface area contributed by atoms with Crippen molar-refractivity contribution in [2.24, 2.45) is 11.8 Å². The van der Waals surface area contributed by atoms with E-state index in [1.807, 2.05) is 27.7 Å². The summed E-state index contributed by atoms with van der Waals surface area (Å²) in [4.78, 5) is 79.2. The van der Waals surface area contributed by atoms with Crippen molar-refractivity contribution in [3.8, 4) is 11.1 Å². The molecule has 0 aromatic heterocycles. The Balaban J connectivity index is 1.30. The van der Waals surface area contributed by atoms with Crippen molar-refractivity contribution >= 4 is 35.3 Å². The number of esters is 2. The van der Waals surface area contributed by atoms with E-state index in [4.69, 9.17) is 9.47 Å². The molecule has 246 valence electrons. The van der Waals surface area contributed by atoms with Crippen LogP contribution < -0.4 is 0 Å². The predicted octanol–water partition coefficient (Wildman–Crippen LogP) is 4.88. The highest BCUT2D eigenvalue weighted by Crippen LogP contribution is 2.23. The predicted molar refractivity (Wildman–Crippen MR) is 171 cm³/mol. The maximum absolute atomic E-state index is 12.9. The average molecular weight is 633 g/mol. The smallest absolute Gasteiger partial charge is 0.329 e. The van der Waals surface area contributed by atoms with Gasteiger partial charge in [-0.25, -0.2) is 9.59 Å². The van der Waals surface area contributed by atoms with E-state index in [0.29, 0.717) is 37.1 Å². The maximum Gasteiger partial charge on any atom is 0.329 e. The number of ether oxygens (including phenoxy) is 2. The first-order valence-corrected chi connectivity index (χ1v) is 16.2. The normalized spacial score (nSPS) is 16.7. The van der Waals surface area contributed by atoms with Gasteiger partial charge in [-0.3, -0.25) is 19.2 Å². The van der Waals surface area contributed by atoms with Gasteiger partial charge in [0.05, 0.1) is 0 Å². The molecule has 0 spiro atoms. The fraction of sp³-hybridized carbons (Fsp3) is 0.500. The van der Waals surface area contributed by atoms with Crippen molar-refractivity contribution in [2.45, 2.75) is 78.3 Å². The number of hydrogen-bond donors (Lipinski definition) is 0. The third-order valence-electron chi connectivity index (χ3n) is 8.58. The number of nitrogens with zero attached hydrogens (tertiary/aromatic N) is 2. The van der Waals surface area contributed by atoms with E-state index in [1.54, 1.807) is 58.3 Å². The lowest BCUT2D eigenvalue weighted by Gasteiger charge is -2.35. The quantitative estimate of drug-likeness (QED) is 0.226. The second-order valence-electron chi connectivity index (χ2n) is 12.7. The van der Waals surface area contributed by atoms with E-state index in [9.17, 15) is 28.8 Å². The number of rotatable bonds is 13. The van der Waals surface area contributed by atoms with Crippen LogP contribution in [0.3, 0.4) is 0 Å². The van der Waals surface area contributed by atoms with Gasteiger partial charge in [0.1, 0.15) is 12.1 Å². The molecule has 2 aliphatic rings. The number of likely N-dealkylation sites (tertiary alicyclic amines) is 2. The van der Waals surface area contributed by atoms with Crippen molar-refractivity contribution in [2.75, 3.05) is 26.3 Å². The largest absolute Gasteiger partial charge is 0.456 e. The van der Waals surface area contributed by atoms with E-state index < -0.39 is 37.2 Å². The summed E-state index contributed by atoms with van der Waals surface area (Å²) in [5.41, 5.74) is 2.39. The van der Waals surface area contributed by atoms with Gasteiger partial charge in [0.15, 0.2) is 24.8 Å². The third kappa shape index (κ3) is 8.47. The lowest BCUT2D eigenvalue weighted by Crippen LogP contribution is -2.50. The second kappa shape index (κ2) is 15.8. The topological polar surface area (TPSA) is 127 Å². The maximum atomic E-state index is 12.9. The van der Waals surface area contributed by atoms with Crippen molar-refractivity contribution in [3.05, 3.63) is 59.7 Å². The Morgan fingerprint density at radius 2 is 0.935 bits per heavy atom. The van der Waals surface area contributed by atoms with E-state index >= 15 is 0 Å². The molecule has 2 atom stereocenters. The van der Waals surface area contributed by atoms with Gasteiger partial charge in [-0.2, -0.15) is 0 Å². The van der Waals surface area contributed by atoms with E-state index in [1.165, 1.54) is 0 Å². The summed E-state index contributed by atoms with van der Waals surface area (Å²) in [6.07, 6.45) is 4.13. The lowest BCUT2D eigenvalue weighted by atomic mass is 9.99. The Bertz CT molecular complexity index is 1320. The lowest BCUT2D eigenvalue weighted by molar-refractivity contribution is -0.157. The van der Waals surface area contributed by atoms with Crippen molar-refractivity contribution < 1.29 is 38.2 Å². The summed E-state index contributed by atoms with van der Waals surface area (Å²) in [5, 5.41) is 0. The molecule has 0 unspecified atom stereocenters. The average Bonchev–Trinajstić information content (AvgIpc) is 3.04. The molecule has 0 saturated carbocycles. The van der Waals surface area contributed by atoms with E-state index in [0.717, 1.165) is 36.8 Å². The minimum absolute atomic E-state index is 0.0635. The summed E-state index contributed by atoms with van der Waals surface area (Å²) in [5.74, 6) is -2.27. The Morgan fingerprint density at radius 1 is 0.587 bits per heavy atom. The van der Waals surface area contributed by atoms with Crippen LogP contribution in [0.4, 0.5) is 0 Å². The first kappa shape index (κ1) is 34.5. The van der Waals surface area contributed by atoms with E-state index in [2.05, 4.69) is 0 Å². The van der Waals surface area contributed by atoms with Gasteiger partial charge < -0.3 is 19.3 Å². The molecule has 2 fully saturated rings. The van der Waals surface area contributed by atoms with Gasteiger partial charge in [-0.15, -0.1) is 0 Å². The van der Waals surface area contributed by atoms with Crippen LogP contribution in [0.15, 0.2) is 48.5 Å². The first-order chi connectivity index (χ1) is 22.0. The fourth-order valence-electron chi connectivity index (χ4n) is 6.07. The van der Waals surface area contributed by atoms with Gasteiger partial charge in [0, 0.05) is 37.1 Å². The van der Waals surface area contributed by atoms with Gasteiger partial charge in [0.2, 0.25) is 11.8 Å². The zero-order chi connectivity index (χ0) is 33.4. The van der Waals surface area contributed by atoms with Gasteiger partial charge in [0.25, 0.3) is 0 Å². The SMILES string of the molecule is CC(C)[C@@H](C(=O)OCC(=O)c1ccc(-c2ccc(C(=O)COC(=O)[C@H](C(C)C)N3CCCCC3=O)cc2)cc1)N1CCCCC1=O. The number of benzene rings is 2. The van der Waals surface area contributed by atoms with Crippen LogP contribution in [0.5, 0.6) is 0 Å². The Labute approximate surface area is 270 Å². The molecule has 2 saturated heterocycles. The second-order valence-corrected chi connectivity index (χ2v) is 12.7. The Hall–Kier alpha value is -4.34. The van der Waals surface area contributed by atoms with Gasteiger partial charge in [-0.05, 0) is 48.6 Å². The monoisotopic (exact) mass is 632 g/mol. The standard InChI is InChI=1S/C36H44N2O8/c1-23(2)33(37-19-7-5-9-31(37)41)35(43)45-21-29(39)27-15-11-25(12-16-27)26-13-17-28(18-14-26)30(40)22-46-36(44)34(24(3)4)38-20-8-6-10-32(38)42/h11-18,23-24,33-34H,5-10,19-22H2,1-4H3/t33-,34-/m0/s1. The molecule has 46 heavy (non-hydrogen) atoms. The van der Waals surface area contributed by atoms with Crippen molar-refractivity contribution in [1.82, 2.24) is 9.80 Å². The van der Waals surface area contributed by atoms with Gasteiger partial charge >= 0.3 is 11.9 Å². The number of hydrogen-bond acceptors (Lipinski definition) is 8. The number of amides is 2. The van der Waals surface area contributed by atoms with Crippen LogP contribution in [0, 0.1) is 11.8 Å². The van der Waals surface area contributed by atoms with Crippen LogP contribution in [0.25, 0.3) is 11.1 Å². The van der Waals surface area contributed by atoms with Crippen LogP contribution >= 0.6 is 0 Å². The number of Topliss-reactive ketones (excluding diaryl/α,β-unsaturated/α-hetero) is 2. The summed E-state index contributed by atoms with van der Waals surface area (Å²) in [7, 11) is 0. The molecule has 0 aliphatic carbocycles. The number of carbonyl (C=O) groups excluding carboxylic acids is 6. The molecule has 2 amide bonds. The third-order valence-corrected chi connectivity index (χ3v) is 8.58. The first-order valence-electron chi connectivity index (χ1n) is 16.2.